The van der Waals surface area contributed by atoms with Gasteiger partial charge in [-0.05, 0) is 64.9 Å². The summed E-state index contributed by atoms with van der Waals surface area (Å²) in [5.74, 6) is 0.241. The largest absolute Gasteiger partial charge is 0.493 e. The SMILES string of the molecule is COc1cc(/C=C(\C#N)C(=O)Nc2ccc(C)cc2[N+](=O)[O-])cc(I)c1OC. The second-order valence-corrected chi connectivity index (χ2v) is 6.80. The van der Waals surface area contributed by atoms with E-state index in [0.29, 0.717) is 22.6 Å². The molecule has 0 saturated carbocycles. The lowest BCUT2D eigenvalue weighted by molar-refractivity contribution is -0.384. The van der Waals surface area contributed by atoms with Crippen LogP contribution in [0.4, 0.5) is 11.4 Å². The van der Waals surface area contributed by atoms with Crippen molar-refractivity contribution in [1.82, 2.24) is 0 Å². The maximum atomic E-state index is 12.5. The summed E-state index contributed by atoms with van der Waals surface area (Å²) in [6, 6.07) is 9.58. The van der Waals surface area contributed by atoms with E-state index in [1.165, 1.54) is 32.4 Å². The number of hydrogen-bond donors (Lipinski definition) is 1. The number of rotatable bonds is 6. The summed E-state index contributed by atoms with van der Waals surface area (Å²) in [5.41, 5.74) is 0.792. The van der Waals surface area contributed by atoms with Crippen molar-refractivity contribution in [2.45, 2.75) is 6.92 Å². The molecule has 0 radical (unpaired) electrons. The van der Waals surface area contributed by atoms with Gasteiger partial charge < -0.3 is 14.8 Å². The van der Waals surface area contributed by atoms with Gasteiger partial charge in [0, 0.05) is 6.07 Å². The Balaban J connectivity index is 2.39. The molecular weight excluding hydrogens is 477 g/mol. The van der Waals surface area contributed by atoms with E-state index in [1.54, 1.807) is 25.1 Å². The molecule has 0 aliphatic rings. The summed E-state index contributed by atoms with van der Waals surface area (Å²) in [7, 11) is 2.99. The molecule has 28 heavy (non-hydrogen) atoms. The van der Waals surface area contributed by atoms with Gasteiger partial charge in [0.25, 0.3) is 11.6 Å². The van der Waals surface area contributed by atoms with Gasteiger partial charge in [0.05, 0.1) is 22.7 Å². The number of halogens is 1. The Morgan fingerprint density at radius 3 is 2.57 bits per heavy atom. The monoisotopic (exact) mass is 493 g/mol. The average molecular weight is 493 g/mol. The van der Waals surface area contributed by atoms with Crippen molar-refractivity contribution in [3.05, 3.63) is 60.7 Å². The first-order chi connectivity index (χ1) is 13.3. The van der Waals surface area contributed by atoms with E-state index in [9.17, 15) is 20.2 Å². The van der Waals surface area contributed by atoms with Crippen LogP contribution in [0.1, 0.15) is 11.1 Å². The Bertz CT molecular complexity index is 1010. The highest BCUT2D eigenvalue weighted by atomic mass is 127. The first-order valence-corrected chi connectivity index (χ1v) is 8.98. The summed E-state index contributed by atoms with van der Waals surface area (Å²) in [6.07, 6.45) is 1.37. The van der Waals surface area contributed by atoms with Crippen LogP contribution in [0.2, 0.25) is 0 Å². The summed E-state index contributed by atoms with van der Waals surface area (Å²) in [6.45, 7) is 1.71. The molecule has 9 heteroatoms. The summed E-state index contributed by atoms with van der Waals surface area (Å²) in [4.78, 5) is 23.1. The third-order valence-corrected chi connectivity index (χ3v) is 4.53. The second kappa shape index (κ2) is 9.18. The van der Waals surface area contributed by atoms with Crippen LogP contribution in [0.5, 0.6) is 11.5 Å². The number of nitro benzene ring substituents is 1. The highest BCUT2D eigenvalue weighted by molar-refractivity contribution is 14.1. The molecule has 2 rings (SSSR count). The number of hydrogen-bond acceptors (Lipinski definition) is 6. The molecule has 144 valence electrons. The predicted octanol–water partition coefficient (Wildman–Crippen LogP) is 4.07. The van der Waals surface area contributed by atoms with Crippen molar-refractivity contribution < 1.29 is 19.2 Å². The molecule has 8 nitrogen and oxygen atoms in total. The Hall–Kier alpha value is -3.13. The minimum atomic E-state index is -0.751. The number of anilines is 1. The molecule has 0 aliphatic carbocycles. The molecule has 2 aromatic rings. The lowest BCUT2D eigenvalue weighted by Gasteiger charge is -2.11. The highest BCUT2D eigenvalue weighted by Gasteiger charge is 2.18. The van der Waals surface area contributed by atoms with Crippen LogP contribution in [-0.4, -0.2) is 25.1 Å². The molecule has 0 heterocycles. The molecule has 0 bridgehead atoms. The zero-order chi connectivity index (χ0) is 20.8. The molecule has 1 amide bonds. The van der Waals surface area contributed by atoms with E-state index < -0.39 is 10.8 Å². The third-order valence-electron chi connectivity index (χ3n) is 3.73. The van der Waals surface area contributed by atoms with Gasteiger partial charge in [0.15, 0.2) is 11.5 Å². The second-order valence-electron chi connectivity index (χ2n) is 5.64. The molecule has 0 saturated heterocycles. The quantitative estimate of drug-likeness (QED) is 0.213. The minimum absolute atomic E-state index is 0.0173. The van der Waals surface area contributed by atoms with Crippen LogP contribution in [0.3, 0.4) is 0 Å². The number of carbonyl (C=O) groups excluding carboxylic acids is 1. The van der Waals surface area contributed by atoms with Crippen molar-refractivity contribution in [2.75, 3.05) is 19.5 Å². The zero-order valence-electron chi connectivity index (χ0n) is 15.3. The lowest BCUT2D eigenvalue weighted by atomic mass is 10.1. The van der Waals surface area contributed by atoms with E-state index in [2.05, 4.69) is 27.9 Å². The maximum Gasteiger partial charge on any atom is 0.293 e. The highest BCUT2D eigenvalue weighted by Crippen LogP contribution is 2.34. The van der Waals surface area contributed by atoms with Crippen LogP contribution in [0.15, 0.2) is 35.9 Å². The summed E-state index contributed by atoms with van der Waals surface area (Å²) in [5, 5.41) is 23.0. The van der Waals surface area contributed by atoms with Gasteiger partial charge in [0.1, 0.15) is 17.3 Å². The Labute approximate surface area is 175 Å². The van der Waals surface area contributed by atoms with Crippen molar-refractivity contribution in [3.63, 3.8) is 0 Å². The number of benzene rings is 2. The van der Waals surface area contributed by atoms with E-state index in [-0.39, 0.29) is 16.9 Å². The van der Waals surface area contributed by atoms with Crippen LogP contribution in [0.25, 0.3) is 6.08 Å². The fourth-order valence-electron chi connectivity index (χ4n) is 2.42. The summed E-state index contributed by atoms with van der Waals surface area (Å²) >= 11 is 2.05. The van der Waals surface area contributed by atoms with E-state index in [1.807, 2.05) is 6.07 Å². The molecule has 0 spiro atoms. The van der Waals surface area contributed by atoms with E-state index in [4.69, 9.17) is 9.47 Å². The maximum absolute atomic E-state index is 12.5. The number of nitrogens with one attached hydrogen (secondary N) is 1. The number of ether oxygens (including phenoxy) is 2. The topological polar surface area (TPSA) is 114 Å². The van der Waals surface area contributed by atoms with Crippen molar-refractivity contribution in [3.8, 4) is 17.6 Å². The number of aryl methyl sites for hydroxylation is 1. The number of amides is 1. The number of nitro groups is 1. The van der Waals surface area contributed by atoms with Crippen molar-refractivity contribution in [1.29, 1.82) is 5.26 Å². The number of methoxy groups -OCH3 is 2. The molecule has 0 unspecified atom stereocenters. The fourth-order valence-corrected chi connectivity index (χ4v) is 3.27. The van der Waals surface area contributed by atoms with Crippen LogP contribution < -0.4 is 14.8 Å². The van der Waals surface area contributed by atoms with Gasteiger partial charge in [-0.15, -0.1) is 0 Å². The average Bonchev–Trinajstić information content (AvgIpc) is 2.66. The van der Waals surface area contributed by atoms with Crippen molar-refractivity contribution >= 4 is 45.9 Å². The summed E-state index contributed by atoms with van der Waals surface area (Å²) < 4.78 is 11.3. The van der Waals surface area contributed by atoms with E-state index in [0.717, 1.165) is 3.57 Å². The fraction of sp³-hybridized carbons (Fsp3) is 0.158. The normalized spacial score (nSPS) is 10.8. The number of nitriles is 1. The molecule has 2 aromatic carbocycles. The Morgan fingerprint density at radius 1 is 1.29 bits per heavy atom. The Kier molecular flexibility index (Phi) is 6.94. The smallest absolute Gasteiger partial charge is 0.293 e. The predicted molar refractivity (Wildman–Crippen MR) is 112 cm³/mol. The van der Waals surface area contributed by atoms with Gasteiger partial charge >= 0.3 is 0 Å². The van der Waals surface area contributed by atoms with Crippen LogP contribution in [-0.2, 0) is 4.79 Å². The standard InChI is InChI=1S/C19H16IN3O5/c1-11-4-5-15(16(6-11)23(25)26)22-19(24)13(10-21)7-12-8-14(20)18(28-3)17(9-12)27-2/h4-9H,1-3H3,(H,22,24)/b13-7+. The van der Waals surface area contributed by atoms with Gasteiger partial charge in [-0.2, -0.15) is 5.26 Å². The molecule has 0 aliphatic heterocycles. The number of carbonyl (C=O) groups is 1. The number of nitrogens with zero attached hydrogens (tertiary/aromatic N) is 2. The first-order valence-electron chi connectivity index (χ1n) is 7.90. The van der Waals surface area contributed by atoms with Crippen molar-refractivity contribution in [2.24, 2.45) is 0 Å². The third kappa shape index (κ3) is 4.77. The zero-order valence-corrected chi connectivity index (χ0v) is 17.4. The van der Waals surface area contributed by atoms with Gasteiger partial charge in [-0.25, -0.2) is 0 Å². The van der Waals surface area contributed by atoms with Gasteiger partial charge in [0.2, 0.25) is 0 Å². The molecule has 0 atom stereocenters. The molecule has 1 N–H and O–H groups in total. The van der Waals surface area contributed by atoms with Gasteiger partial charge in [-0.3, -0.25) is 14.9 Å². The lowest BCUT2D eigenvalue weighted by Crippen LogP contribution is -2.14. The Morgan fingerprint density at radius 2 is 2.00 bits per heavy atom. The van der Waals surface area contributed by atoms with Crippen LogP contribution >= 0.6 is 22.6 Å². The first kappa shape index (κ1) is 21.2. The molecule has 0 aromatic heterocycles. The minimum Gasteiger partial charge on any atom is -0.493 e. The van der Waals surface area contributed by atoms with Crippen LogP contribution in [0, 0.1) is 31.9 Å². The molecule has 0 fully saturated rings. The van der Waals surface area contributed by atoms with Gasteiger partial charge in [-0.1, -0.05) is 6.07 Å². The molecular formula is C19H16IN3O5. The van der Waals surface area contributed by atoms with E-state index >= 15 is 0 Å².